The van der Waals surface area contributed by atoms with Crippen LogP contribution >= 0.6 is 11.3 Å². The summed E-state index contributed by atoms with van der Waals surface area (Å²) in [5.41, 5.74) is 1.54. The summed E-state index contributed by atoms with van der Waals surface area (Å²) in [5.74, 6) is 1.19. The Morgan fingerprint density at radius 1 is 1.12 bits per heavy atom. The van der Waals surface area contributed by atoms with Crippen LogP contribution in [0.25, 0.3) is 10.2 Å². The standard InChI is InChI=1S/C12H13N3S/c1-3-8-9(4-1)16-12-10(8)11(13-7-14-12)15-5-2-6-15/h7H,1-6H2. The van der Waals surface area contributed by atoms with E-state index in [-0.39, 0.29) is 0 Å². The van der Waals surface area contributed by atoms with Gasteiger partial charge in [0.15, 0.2) is 0 Å². The molecule has 3 heterocycles. The van der Waals surface area contributed by atoms with Gasteiger partial charge in [-0.1, -0.05) is 0 Å². The minimum Gasteiger partial charge on any atom is -0.356 e. The van der Waals surface area contributed by atoms with Gasteiger partial charge in [-0.3, -0.25) is 0 Å². The van der Waals surface area contributed by atoms with Crippen LogP contribution in [0.15, 0.2) is 6.33 Å². The van der Waals surface area contributed by atoms with E-state index in [4.69, 9.17) is 0 Å². The minimum atomic E-state index is 1.16. The quantitative estimate of drug-likeness (QED) is 0.754. The Labute approximate surface area is 98.1 Å². The van der Waals surface area contributed by atoms with Crippen LogP contribution in [0.5, 0.6) is 0 Å². The molecule has 0 N–H and O–H groups in total. The highest BCUT2D eigenvalue weighted by atomic mass is 32.1. The van der Waals surface area contributed by atoms with E-state index in [1.54, 1.807) is 16.8 Å². The highest BCUT2D eigenvalue weighted by Gasteiger charge is 2.25. The van der Waals surface area contributed by atoms with Crippen LogP contribution in [0.4, 0.5) is 5.82 Å². The highest BCUT2D eigenvalue weighted by molar-refractivity contribution is 7.19. The highest BCUT2D eigenvalue weighted by Crippen LogP contribution is 2.40. The van der Waals surface area contributed by atoms with E-state index in [1.807, 2.05) is 11.3 Å². The number of hydrogen-bond acceptors (Lipinski definition) is 4. The van der Waals surface area contributed by atoms with Gasteiger partial charge in [0.25, 0.3) is 0 Å². The number of anilines is 1. The van der Waals surface area contributed by atoms with E-state index in [1.165, 1.54) is 41.7 Å². The minimum absolute atomic E-state index is 1.16. The van der Waals surface area contributed by atoms with Gasteiger partial charge in [-0.15, -0.1) is 11.3 Å². The molecule has 0 unspecified atom stereocenters. The van der Waals surface area contributed by atoms with E-state index >= 15 is 0 Å². The Morgan fingerprint density at radius 3 is 2.88 bits per heavy atom. The van der Waals surface area contributed by atoms with Crippen molar-refractivity contribution in [1.29, 1.82) is 0 Å². The molecule has 4 heteroatoms. The van der Waals surface area contributed by atoms with Crippen LogP contribution < -0.4 is 4.90 Å². The molecule has 4 rings (SSSR count). The molecule has 0 radical (unpaired) electrons. The van der Waals surface area contributed by atoms with E-state index < -0.39 is 0 Å². The second-order valence-corrected chi connectivity index (χ2v) is 5.66. The fourth-order valence-electron chi connectivity index (χ4n) is 2.68. The zero-order valence-electron chi connectivity index (χ0n) is 9.07. The molecule has 0 amide bonds. The Hall–Kier alpha value is -1.16. The molecule has 0 aromatic carbocycles. The molecular formula is C12H13N3S. The Balaban J connectivity index is 2.00. The molecular weight excluding hydrogens is 218 g/mol. The summed E-state index contributed by atoms with van der Waals surface area (Å²) in [6.45, 7) is 2.33. The molecule has 0 spiro atoms. The zero-order valence-corrected chi connectivity index (χ0v) is 9.89. The summed E-state index contributed by atoms with van der Waals surface area (Å²) in [6.07, 6.45) is 6.81. The number of hydrogen-bond donors (Lipinski definition) is 0. The van der Waals surface area contributed by atoms with Gasteiger partial charge in [0.2, 0.25) is 0 Å². The maximum Gasteiger partial charge on any atom is 0.141 e. The maximum atomic E-state index is 4.50. The summed E-state index contributed by atoms with van der Waals surface area (Å²) in [6, 6.07) is 0. The molecule has 2 aliphatic rings. The van der Waals surface area contributed by atoms with E-state index in [2.05, 4.69) is 14.9 Å². The first-order valence-electron chi connectivity index (χ1n) is 5.94. The number of fused-ring (bicyclic) bond motifs is 3. The summed E-state index contributed by atoms with van der Waals surface area (Å²) in [5, 5.41) is 1.36. The van der Waals surface area contributed by atoms with Crippen LogP contribution in [0.2, 0.25) is 0 Å². The number of aryl methyl sites for hydroxylation is 2. The maximum absolute atomic E-state index is 4.50. The van der Waals surface area contributed by atoms with Gasteiger partial charge in [-0.25, -0.2) is 9.97 Å². The van der Waals surface area contributed by atoms with Crippen molar-refractivity contribution in [2.45, 2.75) is 25.7 Å². The van der Waals surface area contributed by atoms with Crippen molar-refractivity contribution >= 4 is 27.4 Å². The molecule has 1 fully saturated rings. The number of aromatic nitrogens is 2. The van der Waals surface area contributed by atoms with Crippen LogP contribution in [-0.2, 0) is 12.8 Å². The van der Waals surface area contributed by atoms with Gasteiger partial charge >= 0.3 is 0 Å². The fraction of sp³-hybridized carbons (Fsp3) is 0.500. The Kier molecular flexibility index (Phi) is 1.77. The molecule has 0 atom stereocenters. The molecule has 2 aromatic rings. The largest absolute Gasteiger partial charge is 0.356 e. The van der Waals surface area contributed by atoms with Crippen LogP contribution in [-0.4, -0.2) is 23.1 Å². The first-order valence-corrected chi connectivity index (χ1v) is 6.75. The van der Waals surface area contributed by atoms with Gasteiger partial charge in [0, 0.05) is 18.0 Å². The van der Waals surface area contributed by atoms with E-state index in [9.17, 15) is 0 Å². The average molecular weight is 231 g/mol. The molecule has 1 saturated heterocycles. The third-order valence-corrected chi connectivity index (χ3v) is 4.84. The molecule has 82 valence electrons. The first-order chi connectivity index (χ1) is 7.93. The van der Waals surface area contributed by atoms with Crippen LogP contribution in [0, 0.1) is 0 Å². The average Bonchev–Trinajstić information content (AvgIpc) is 2.73. The zero-order chi connectivity index (χ0) is 10.5. The van der Waals surface area contributed by atoms with Crippen molar-refractivity contribution in [1.82, 2.24) is 9.97 Å². The van der Waals surface area contributed by atoms with Crippen LogP contribution in [0.1, 0.15) is 23.3 Å². The second-order valence-electron chi connectivity index (χ2n) is 4.58. The third-order valence-electron chi connectivity index (χ3n) is 3.64. The summed E-state index contributed by atoms with van der Waals surface area (Å²) >= 11 is 1.87. The smallest absolute Gasteiger partial charge is 0.141 e. The fourth-order valence-corrected chi connectivity index (χ4v) is 3.90. The molecule has 3 nitrogen and oxygen atoms in total. The van der Waals surface area contributed by atoms with Gasteiger partial charge in [-0.05, 0) is 31.2 Å². The normalized spacial score (nSPS) is 18.9. The van der Waals surface area contributed by atoms with Gasteiger partial charge in [0.1, 0.15) is 17.0 Å². The predicted molar refractivity (Wildman–Crippen MR) is 66.3 cm³/mol. The van der Waals surface area contributed by atoms with Crippen LogP contribution in [0.3, 0.4) is 0 Å². The van der Waals surface area contributed by atoms with E-state index in [0.29, 0.717) is 0 Å². The third kappa shape index (κ3) is 1.08. The van der Waals surface area contributed by atoms with Crippen molar-refractivity contribution in [3.8, 4) is 0 Å². The summed E-state index contributed by atoms with van der Waals surface area (Å²) < 4.78 is 0. The Morgan fingerprint density at radius 2 is 2.06 bits per heavy atom. The molecule has 0 saturated carbocycles. The topological polar surface area (TPSA) is 29.0 Å². The van der Waals surface area contributed by atoms with Gasteiger partial charge < -0.3 is 4.90 Å². The SMILES string of the molecule is c1nc(N2CCC2)c2c3c(sc2n1)CCC3. The Bertz CT molecular complexity index is 557. The van der Waals surface area contributed by atoms with Crippen molar-refractivity contribution in [3.63, 3.8) is 0 Å². The van der Waals surface area contributed by atoms with Crippen molar-refractivity contribution in [2.24, 2.45) is 0 Å². The van der Waals surface area contributed by atoms with Crippen molar-refractivity contribution in [2.75, 3.05) is 18.0 Å². The van der Waals surface area contributed by atoms with Crippen molar-refractivity contribution < 1.29 is 0 Å². The summed E-state index contributed by atoms with van der Waals surface area (Å²) in [7, 11) is 0. The monoisotopic (exact) mass is 231 g/mol. The molecule has 0 bridgehead atoms. The first kappa shape index (κ1) is 8.93. The lowest BCUT2D eigenvalue weighted by molar-refractivity contribution is 0.611. The lowest BCUT2D eigenvalue weighted by atomic mass is 10.1. The lowest BCUT2D eigenvalue weighted by Crippen LogP contribution is -2.37. The number of thiophene rings is 1. The van der Waals surface area contributed by atoms with Gasteiger partial charge in [-0.2, -0.15) is 0 Å². The second kappa shape index (κ2) is 3.17. The number of nitrogens with zero attached hydrogens (tertiary/aromatic N) is 3. The molecule has 1 aliphatic carbocycles. The van der Waals surface area contributed by atoms with E-state index in [0.717, 1.165) is 13.1 Å². The molecule has 16 heavy (non-hydrogen) atoms. The van der Waals surface area contributed by atoms with Gasteiger partial charge in [0.05, 0.1) is 5.39 Å². The predicted octanol–water partition coefficient (Wildman–Crippen LogP) is 2.39. The summed E-state index contributed by atoms with van der Waals surface area (Å²) in [4.78, 5) is 14.1. The lowest BCUT2D eigenvalue weighted by Gasteiger charge is -2.32. The van der Waals surface area contributed by atoms with Crippen molar-refractivity contribution in [3.05, 3.63) is 16.8 Å². The molecule has 2 aromatic heterocycles. The molecule has 1 aliphatic heterocycles. The number of rotatable bonds is 1.